The van der Waals surface area contributed by atoms with Crippen LogP contribution in [-0.2, 0) is 13.6 Å². The topological polar surface area (TPSA) is 67.2 Å². The Bertz CT molecular complexity index is 620. The first-order valence-electron chi connectivity index (χ1n) is 5.62. The van der Waals surface area contributed by atoms with E-state index in [4.69, 9.17) is 0 Å². The van der Waals surface area contributed by atoms with Crippen molar-refractivity contribution >= 4 is 5.69 Å². The minimum atomic E-state index is -0.0583. The fourth-order valence-corrected chi connectivity index (χ4v) is 1.62. The molecule has 0 aliphatic carbocycles. The largest absolute Gasteiger partial charge is 0.506 e. The van der Waals surface area contributed by atoms with Crippen LogP contribution in [0.1, 0.15) is 11.4 Å². The van der Waals surface area contributed by atoms with E-state index in [-0.39, 0.29) is 11.3 Å². The fourth-order valence-electron chi connectivity index (χ4n) is 1.62. The zero-order chi connectivity index (χ0) is 13.1. The van der Waals surface area contributed by atoms with E-state index in [9.17, 15) is 9.90 Å². The molecule has 94 valence electrons. The van der Waals surface area contributed by atoms with Crippen LogP contribution in [0.4, 0.5) is 5.69 Å². The monoisotopic (exact) mass is 245 g/mol. The van der Waals surface area contributed by atoms with E-state index < -0.39 is 0 Å². The first-order chi connectivity index (χ1) is 8.56. The standard InChI is InChI=1S/C13H15N3O2/c1-9-3-5-12(17)11(15-9)7-14-10-4-6-13(18)16(2)8-10/h3-6,8,14,17H,7H2,1-2H3. The highest BCUT2D eigenvalue weighted by Gasteiger charge is 2.03. The van der Waals surface area contributed by atoms with Gasteiger partial charge in [0.05, 0.1) is 12.2 Å². The van der Waals surface area contributed by atoms with Crippen molar-refractivity contribution in [3.05, 3.63) is 52.2 Å². The van der Waals surface area contributed by atoms with Gasteiger partial charge >= 0.3 is 0 Å². The molecule has 5 nitrogen and oxygen atoms in total. The minimum Gasteiger partial charge on any atom is -0.506 e. The number of aromatic hydroxyl groups is 1. The van der Waals surface area contributed by atoms with Crippen LogP contribution in [0.25, 0.3) is 0 Å². The Labute approximate surface area is 105 Å². The molecule has 0 bridgehead atoms. The maximum atomic E-state index is 11.2. The minimum absolute atomic E-state index is 0.0583. The van der Waals surface area contributed by atoms with Crippen LogP contribution in [0, 0.1) is 6.92 Å². The second-order valence-corrected chi connectivity index (χ2v) is 4.14. The van der Waals surface area contributed by atoms with Crippen LogP contribution >= 0.6 is 0 Å². The van der Waals surface area contributed by atoms with Crippen molar-refractivity contribution in [1.29, 1.82) is 0 Å². The number of rotatable bonds is 3. The summed E-state index contributed by atoms with van der Waals surface area (Å²) in [6.45, 7) is 2.28. The van der Waals surface area contributed by atoms with E-state index in [1.165, 1.54) is 10.6 Å². The summed E-state index contributed by atoms with van der Waals surface area (Å²) < 4.78 is 1.49. The number of hydrogen-bond acceptors (Lipinski definition) is 4. The van der Waals surface area contributed by atoms with Gasteiger partial charge in [-0.25, -0.2) is 0 Å². The Kier molecular flexibility index (Phi) is 3.32. The molecular formula is C13H15N3O2. The van der Waals surface area contributed by atoms with E-state index in [2.05, 4.69) is 10.3 Å². The highest BCUT2D eigenvalue weighted by Crippen LogP contribution is 2.16. The van der Waals surface area contributed by atoms with Crippen LogP contribution < -0.4 is 10.9 Å². The Morgan fingerprint density at radius 1 is 1.33 bits per heavy atom. The number of aryl methyl sites for hydroxylation is 2. The molecular weight excluding hydrogens is 230 g/mol. The summed E-state index contributed by atoms with van der Waals surface area (Å²) in [7, 11) is 1.69. The van der Waals surface area contributed by atoms with Crippen LogP contribution in [0.2, 0.25) is 0 Å². The number of aromatic nitrogens is 2. The molecule has 2 N–H and O–H groups in total. The van der Waals surface area contributed by atoms with E-state index in [1.54, 1.807) is 31.4 Å². The van der Waals surface area contributed by atoms with E-state index in [1.807, 2.05) is 6.92 Å². The summed E-state index contributed by atoms with van der Waals surface area (Å²) in [6.07, 6.45) is 1.70. The quantitative estimate of drug-likeness (QED) is 0.858. The molecule has 0 radical (unpaired) electrons. The predicted molar refractivity (Wildman–Crippen MR) is 69.6 cm³/mol. The van der Waals surface area contributed by atoms with Gasteiger partial charge in [0.15, 0.2) is 0 Å². The zero-order valence-electron chi connectivity index (χ0n) is 10.3. The van der Waals surface area contributed by atoms with E-state index >= 15 is 0 Å². The molecule has 0 unspecified atom stereocenters. The van der Waals surface area contributed by atoms with Crippen LogP contribution in [0.3, 0.4) is 0 Å². The molecule has 0 spiro atoms. The Morgan fingerprint density at radius 2 is 2.11 bits per heavy atom. The predicted octanol–water partition coefficient (Wildman–Crippen LogP) is 1.41. The van der Waals surface area contributed by atoms with E-state index in [0.29, 0.717) is 12.2 Å². The molecule has 0 amide bonds. The molecule has 18 heavy (non-hydrogen) atoms. The zero-order valence-corrected chi connectivity index (χ0v) is 10.3. The second kappa shape index (κ2) is 4.91. The summed E-state index contributed by atoms with van der Waals surface area (Å²) in [6, 6.07) is 6.58. The van der Waals surface area contributed by atoms with Crippen LogP contribution in [0.15, 0.2) is 35.3 Å². The molecule has 2 rings (SSSR count). The highest BCUT2D eigenvalue weighted by atomic mass is 16.3. The van der Waals surface area contributed by atoms with Crippen LogP contribution in [0.5, 0.6) is 5.75 Å². The number of anilines is 1. The van der Waals surface area contributed by atoms with Gasteiger partial charge in [-0.15, -0.1) is 0 Å². The molecule has 0 fully saturated rings. The molecule has 0 aliphatic heterocycles. The van der Waals surface area contributed by atoms with Crippen molar-refractivity contribution in [1.82, 2.24) is 9.55 Å². The molecule has 0 aromatic carbocycles. The van der Waals surface area contributed by atoms with Gasteiger partial charge in [-0.2, -0.15) is 0 Å². The SMILES string of the molecule is Cc1ccc(O)c(CNc2ccc(=O)n(C)c2)n1. The smallest absolute Gasteiger partial charge is 0.250 e. The fraction of sp³-hybridized carbons (Fsp3) is 0.231. The van der Waals surface area contributed by atoms with Crippen molar-refractivity contribution in [3.63, 3.8) is 0 Å². The molecule has 0 atom stereocenters. The van der Waals surface area contributed by atoms with Gasteiger partial charge in [-0.3, -0.25) is 9.78 Å². The average molecular weight is 245 g/mol. The van der Waals surface area contributed by atoms with E-state index in [0.717, 1.165) is 11.4 Å². The first kappa shape index (κ1) is 12.2. The number of pyridine rings is 2. The van der Waals surface area contributed by atoms with Crippen molar-refractivity contribution < 1.29 is 5.11 Å². The van der Waals surface area contributed by atoms with Crippen molar-refractivity contribution in [2.24, 2.45) is 7.05 Å². The third-order valence-corrected chi connectivity index (χ3v) is 2.64. The second-order valence-electron chi connectivity index (χ2n) is 4.14. The lowest BCUT2D eigenvalue weighted by Gasteiger charge is -2.09. The summed E-state index contributed by atoms with van der Waals surface area (Å²) in [4.78, 5) is 15.5. The number of hydrogen-bond donors (Lipinski definition) is 2. The molecule has 2 heterocycles. The van der Waals surface area contributed by atoms with Gasteiger partial charge in [0, 0.05) is 25.0 Å². The van der Waals surface area contributed by atoms with Crippen LogP contribution in [-0.4, -0.2) is 14.7 Å². The normalized spacial score (nSPS) is 10.3. The van der Waals surface area contributed by atoms with Gasteiger partial charge < -0.3 is 15.0 Å². The lowest BCUT2D eigenvalue weighted by molar-refractivity contribution is 0.464. The van der Waals surface area contributed by atoms with Gasteiger partial charge in [-0.1, -0.05) is 0 Å². The maximum Gasteiger partial charge on any atom is 0.250 e. The summed E-state index contributed by atoms with van der Waals surface area (Å²) in [5, 5.41) is 12.8. The lowest BCUT2D eigenvalue weighted by Crippen LogP contribution is -2.15. The molecule has 5 heteroatoms. The Hall–Kier alpha value is -2.30. The van der Waals surface area contributed by atoms with Crippen molar-refractivity contribution in [2.45, 2.75) is 13.5 Å². The summed E-state index contributed by atoms with van der Waals surface area (Å²) >= 11 is 0. The van der Waals surface area contributed by atoms with Crippen molar-refractivity contribution in [3.8, 4) is 5.75 Å². The summed E-state index contributed by atoms with van der Waals surface area (Å²) in [5.41, 5.74) is 2.19. The highest BCUT2D eigenvalue weighted by molar-refractivity contribution is 5.41. The molecule has 0 saturated carbocycles. The molecule has 0 saturated heterocycles. The third-order valence-electron chi connectivity index (χ3n) is 2.64. The lowest BCUT2D eigenvalue weighted by atomic mass is 10.3. The Morgan fingerprint density at radius 3 is 2.83 bits per heavy atom. The third kappa shape index (κ3) is 2.68. The Balaban J connectivity index is 2.13. The summed E-state index contributed by atoms with van der Waals surface area (Å²) in [5.74, 6) is 0.165. The first-order valence-corrected chi connectivity index (χ1v) is 5.62. The molecule has 2 aromatic heterocycles. The van der Waals surface area contributed by atoms with Gasteiger partial charge in [0.1, 0.15) is 11.4 Å². The van der Waals surface area contributed by atoms with Gasteiger partial charge in [-0.05, 0) is 25.1 Å². The molecule has 0 aliphatic rings. The number of nitrogens with zero attached hydrogens (tertiary/aromatic N) is 2. The maximum absolute atomic E-state index is 11.2. The van der Waals surface area contributed by atoms with Gasteiger partial charge in [0.25, 0.3) is 0 Å². The average Bonchev–Trinajstić information content (AvgIpc) is 2.34. The van der Waals surface area contributed by atoms with Crippen molar-refractivity contribution in [2.75, 3.05) is 5.32 Å². The van der Waals surface area contributed by atoms with Gasteiger partial charge in [0.2, 0.25) is 5.56 Å². The molecule has 2 aromatic rings. The number of nitrogens with one attached hydrogen (secondary N) is 1.